The maximum atomic E-state index is 4.70. The lowest BCUT2D eigenvalue weighted by molar-refractivity contribution is 0.116. The molecule has 0 aromatic carbocycles. The molecular weight excluding hydrogens is 401 g/mol. The molecule has 1 aliphatic carbocycles. The van der Waals surface area contributed by atoms with Crippen molar-refractivity contribution in [3.05, 3.63) is 29.7 Å². The van der Waals surface area contributed by atoms with Crippen LogP contribution in [0.1, 0.15) is 44.2 Å². The van der Waals surface area contributed by atoms with E-state index in [0.717, 1.165) is 29.4 Å². The molecule has 0 bridgehead atoms. The molecule has 1 saturated heterocycles. The number of piperidine rings is 1. The summed E-state index contributed by atoms with van der Waals surface area (Å²) in [5, 5.41) is 10.4. The first-order chi connectivity index (χ1) is 12.3. The molecule has 0 radical (unpaired) electrons. The lowest BCUT2D eigenvalue weighted by atomic mass is 9.67. The molecule has 1 saturated carbocycles. The molecule has 4 rings (SSSR count). The van der Waals surface area contributed by atoms with Crippen LogP contribution in [0.2, 0.25) is 0 Å². The van der Waals surface area contributed by atoms with Crippen LogP contribution in [0.3, 0.4) is 0 Å². The third-order valence-electron chi connectivity index (χ3n) is 5.86. The molecule has 3 heterocycles. The minimum atomic E-state index is 0. The van der Waals surface area contributed by atoms with Gasteiger partial charge >= 0.3 is 0 Å². The third-order valence-corrected chi connectivity index (χ3v) is 6.77. The molecule has 5 nitrogen and oxygen atoms in total. The highest BCUT2D eigenvalue weighted by Crippen LogP contribution is 2.43. The molecule has 2 aromatic rings. The highest BCUT2D eigenvalue weighted by molar-refractivity contribution is 7.13. The Balaban J connectivity index is 0.00000131. The summed E-state index contributed by atoms with van der Waals surface area (Å²) in [7, 11) is 0. The second kappa shape index (κ2) is 10.7. The first kappa shape index (κ1) is 22.5. The summed E-state index contributed by atoms with van der Waals surface area (Å²) in [6.07, 6.45) is 14.4. The Morgan fingerprint density at radius 3 is 2.59 bits per heavy atom. The lowest BCUT2D eigenvalue weighted by Gasteiger charge is -2.43. The maximum absolute atomic E-state index is 4.70. The fraction of sp³-hybridized carbons (Fsp3) is 0.632. The summed E-state index contributed by atoms with van der Waals surface area (Å²) in [5.74, 6) is 0. The van der Waals surface area contributed by atoms with Crippen molar-refractivity contribution < 1.29 is 0 Å². The number of thiazole rings is 1. The summed E-state index contributed by atoms with van der Waals surface area (Å²) in [6, 6.07) is 0.693. The molecule has 150 valence electrons. The lowest BCUT2D eigenvalue weighted by Crippen LogP contribution is -2.43. The van der Waals surface area contributed by atoms with Crippen LogP contribution in [-0.4, -0.2) is 40.6 Å². The van der Waals surface area contributed by atoms with Gasteiger partial charge in [0, 0.05) is 36.8 Å². The minimum Gasteiger partial charge on any atom is -0.317 e. The molecule has 8 heteroatoms. The van der Waals surface area contributed by atoms with Gasteiger partial charge < -0.3 is 10.6 Å². The Hall–Kier alpha value is -0.790. The van der Waals surface area contributed by atoms with Gasteiger partial charge in [-0.05, 0) is 57.0 Å². The fourth-order valence-electron chi connectivity index (χ4n) is 4.24. The number of nitrogens with zero attached hydrogens (tertiary/aromatic N) is 3. The van der Waals surface area contributed by atoms with Gasteiger partial charge in [-0.15, -0.1) is 36.2 Å². The van der Waals surface area contributed by atoms with Crippen molar-refractivity contribution in [3.8, 4) is 10.7 Å². The van der Waals surface area contributed by atoms with Crippen molar-refractivity contribution in [2.24, 2.45) is 5.41 Å². The molecular formula is C19H29Cl2N5S. The molecule has 2 N–H and O–H groups in total. The topological polar surface area (TPSA) is 62.7 Å². The summed E-state index contributed by atoms with van der Waals surface area (Å²) >= 11 is 1.66. The van der Waals surface area contributed by atoms with E-state index in [1.165, 1.54) is 51.6 Å². The predicted octanol–water partition coefficient (Wildman–Crippen LogP) is 3.89. The van der Waals surface area contributed by atoms with Gasteiger partial charge in [0.05, 0.1) is 11.9 Å². The van der Waals surface area contributed by atoms with Crippen molar-refractivity contribution in [1.82, 2.24) is 25.6 Å². The number of rotatable bonds is 5. The fourth-order valence-corrected chi connectivity index (χ4v) is 5.06. The van der Waals surface area contributed by atoms with Gasteiger partial charge in [-0.3, -0.25) is 9.97 Å². The van der Waals surface area contributed by atoms with E-state index in [4.69, 9.17) is 4.98 Å². The maximum Gasteiger partial charge on any atom is 0.143 e. The van der Waals surface area contributed by atoms with Gasteiger partial charge in [0.1, 0.15) is 10.7 Å². The van der Waals surface area contributed by atoms with E-state index in [1.54, 1.807) is 29.9 Å². The van der Waals surface area contributed by atoms with Gasteiger partial charge in [-0.1, -0.05) is 0 Å². The Kier molecular flexibility index (Phi) is 8.89. The number of halogens is 2. The van der Waals surface area contributed by atoms with E-state index in [1.807, 2.05) is 0 Å². The van der Waals surface area contributed by atoms with Crippen LogP contribution in [-0.2, 0) is 6.42 Å². The largest absolute Gasteiger partial charge is 0.317 e. The zero-order valence-corrected chi connectivity index (χ0v) is 18.0. The number of aromatic nitrogens is 3. The standard InChI is InChI=1S/C19H27N5S.2ClH/c1-4-19(6-9-20-10-7-19)5-2-15(1)22-8-3-16-14-25-18(24-16)17-13-21-11-12-23-17;;/h11-15,20,22H,1-10H2;2*1H. The third kappa shape index (κ3) is 5.84. The molecule has 0 amide bonds. The molecule has 27 heavy (non-hydrogen) atoms. The SMILES string of the molecule is Cl.Cl.c1cnc(-c2nc(CCNC3CCC4(CCNCC4)CC3)cs2)cn1. The average molecular weight is 430 g/mol. The monoisotopic (exact) mass is 429 g/mol. The molecule has 2 aromatic heterocycles. The zero-order valence-electron chi connectivity index (χ0n) is 15.5. The second-order valence-corrected chi connectivity index (χ2v) is 8.32. The number of nitrogens with one attached hydrogen (secondary N) is 2. The van der Waals surface area contributed by atoms with Gasteiger partial charge in [0.15, 0.2) is 0 Å². The molecule has 1 spiro atoms. The van der Waals surface area contributed by atoms with Gasteiger partial charge in [-0.25, -0.2) is 4.98 Å². The van der Waals surface area contributed by atoms with E-state index >= 15 is 0 Å². The molecule has 2 fully saturated rings. The van der Waals surface area contributed by atoms with Crippen LogP contribution < -0.4 is 10.6 Å². The predicted molar refractivity (Wildman–Crippen MR) is 116 cm³/mol. The molecule has 0 unspecified atom stereocenters. The minimum absolute atomic E-state index is 0. The Morgan fingerprint density at radius 2 is 1.89 bits per heavy atom. The van der Waals surface area contributed by atoms with Crippen molar-refractivity contribution in [1.29, 1.82) is 0 Å². The second-order valence-electron chi connectivity index (χ2n) is 7.46. The average Bonchev–Trinajstić information content (AvgIpc) is 3.14. The molecule has 0 atom stereocenters. The highest BCUT2D eigenvalue weighted by Gasteiger charge is 2.35. The quantitative estimate of drug-likeness (QED) is 0.754. The van der Waals surface area contributed by atoms with Crippen LogP contribution in [0.4, 0.5) is 0 Å². The Bertz CT molecular complexity index is 666. The summed E-state index contributed by atoms with van der Waals surface area (Å²) in [4.78, 5) is 13.1. The van der Waals surface area contributed by atoms with Crippen LogP contribution in [0, 0.1) is 5.41 Å². The summed E-state index contributed by atoms with van der Waals surface area (Å²) in [5.41, 5.74) is 2.68. The number of hydrogen-bond donors (Lipinski definition) is 2. The first-order valence-corrected chi connectivity index (χ1v) is 10.4. The normalized spacial score (nSPS) is 19.3. The van der Waals surface area contributed by atoms with Crippen molar-refractivity contribution in [2.45, 2.75) is 51.0 Å². The first-order valence-electron chi connectivity index (χ1n) is 9.48. The summed E-state index contributed by atoms with van der Waals surface area (Å²) in [6.45, 7) is 3.45. The van der Waals surface area contributed by atoms with Crippen LogP contribution in [0.5, 0.6) is 0 Å². The van der Waals surface area contributed by atoms with E-state index < -0.39 is 0 Å². The summed E-state index contributed by atoms with van der Waals surface area (Å²) < 4.78 is 0. The van der Waals surface area contributed by atoms with Crippen LogP contribution in [0.15, 0.2) is 24.0 Å². The van der Waals surface area contributed by atoms with Crippen LogP contribution in [0.25, 0.3) is 10.7 Å². The Labute approximate surface area is 178 Å². The smallest absolute Gasteiger partial charge is 0.143 e. The number of hydrogen-bond acceptors (Lipinski definition) is 6. The Morgan fingerprint density at radius 1 is 1.11 bits per heavy atom. The highest BCUT2D eigenvalue weighted by atomic mass is 35.5. The van der Waals surface area contributed by atoms with Crippen molar-refractivity contribution in [2.75, 3.05) is 19.6 Å². The van der Waals surface area contributed by atoms with E-state index in [9.17, 15) is 0 Å². The van der Waals surface area contributed by atoms with Gasteiger partial charge in [0.2, 0.25) is 0 Å². The van der Waals surface area contributed by atoms with Gasteiger partial charge in [0.25, 0.3) is 0 Å². The van der Waals surface area contributed by atoms with E-state index in [-0.39, 0.29) is 24.8 Å². The van der Waals surface area contributed by atoms with Crippen LogP contribution >= 0.6 is 36.2 Å². The van der Waals surface area contributed by atoms with Crippen molar-refractivity contribution in [3.63, 3.8) is 0 Å². The van der Waals surface area contributed by atoms with Gasteiger partial charge in [-0.2, -0.15) is 0 Å². The van der Waals surface area contributed by atoms with E-state index in [2.05, 4.69) is 26.0 Å². The van der Waals surface area contributed by atoms with Crippen molar-refractivity contribution >= 4 is 36.2 Å². The zero-order chi connectivity index (χ0) is 17.0. The van der Waals surface area contributed by atoms with E-state index in [0.29, 0.717) is 11.5 Å². The molecule has 1 aliphatic heterocycles. The molecule has 2 aliphatic rings.